The zero-order valence-corrected chi connectivity index (χ0v) is 12.2. The van der Waals surface area contributed by atoms with Crippen molar-refractivity contribution in [2.24, 2.45) is 5.92 Å². The number of fused-ring (bicyclic) bond motifs is 2. The zero-order chi connectivity index (χ0) is 13.5. The van der Waals surface area contributed by atoms with E-state index in [4.69, 9.17) is 9.47 Å². The van der Waals surface area contributed by atoms with Crippen LogP contribution in [0.4, 0.5) is 0 Å². The van der Waals surface area contributed by atoms with Crippen LogP contribution in [0.5, 0.6) is 0 Å². The van der Waals surface area contributed by atoms with E-state index >= 15 is 0 Å². The minimum Gasteiger partial charge on any atom is -0.371 e. The SMILES string of the molecule is CC1(C)OC2(C)CC1CCC2OCc1ccccc1. The molecule has 3 rings (SSSR count). The lowest BCUT2D eigenvalue weighted by Crippen LogP contribution is -2.43. The summed E-state index contributed by atoms with van der Waals surface area (Å²) in [6.45, 7) is 7.37. The van der Waals surface area contributed by atoms with Gasteiger partial charge in [-0.15, -0.1) is 0 Å². The van der Waals surface area contributed by atoms with E-state index in [2.05, 4.69) is 45.0 Å². The normalized spacial score (nSPS) is 36.4. The van der Waals surface area contributed by atoms with Gasteiger partial charge in [0, 0.05) is 0 Å². The number of benzene rings is 1. The molecule has 0 spiro atoms. The number of ether oxygens (including phenoxy) is 2. The Kier molecular flexibility index (Phi) is 3.18. The third kappa shape index (κ3) is 2.44. The molecule has 1 aliphatic heterocycles. The topological polar surface area (TPSA) is 18.5 Å². The molecule has 104 valence electrons. The molecule has 0 N–H and O–H groups in total. The van der Waals surface area contributed by atoms with Crippen molar-refractivity contribution < 1.29 is 9.47 Å². The van der Waals surface area contributed by atoms with Crippen molar-refractivity contribution in [2.75, 3.05) is 0 Å². The summed E-state index contributed by atoms with van der Waals surface area (Å²) in [5.41, 5.74) is 1.16. The maximum atomic E-state index is 6.34. The lowest BCUT2D eigenvalue weighted by Gasteiger charge is -2.36. The third-order valence-corrected chi connectivity index (χ3v) is 4.88. The lowest BCUT2D eigenvalue weighted by atomic mass is 9.75. The summed E-state index contributed by atoms with van der Waals surface area (Å²) in [7, 11) is 0. The fourth-order valence-electron chi connectivity index (χ4n) is 3.80. The molecule has 19 heavy (non-hydrogen) atoms. The fourth-order valence-corrected chi connectivity index (χ4v) is 3.80. The van der Waals surface area contributed by atoms with Gasteiger partial charge >= 0.3 is 0 Å². The van der Waals surface area contributed by atoms with Crippen LogP contribution >= 0.6 is 0 Å². The zero-order valence-electron chi connectivity index (χ0n) is 12.2. The average molecular weight is 260 g/mol. The Labute approximate surface area is 116 Å². The summed E-state index contributed by atoms with van der Waals surface area (Å²) in [6, 6.07) is 10.4. The molecule has 0 radical (unpaired) electrons. The molecule has 1 aliphatic carbocycles. The summed E-state index contributed by atoms with van der Waals surface area (Å²) in [6.07, 6.45) is 3.71. The molecule has 1 aromatic carbocycles. The van der Waals surface area contributed by atoms with Crippen molar-refractivity contribution in [1.29, 1.82) is 0 Å². The highest BCUT2D eigenvalue weighted by atomic mass is 16.6. The van der Waals surface area contributed by atoms with Gasteiger partial charge in [0.2, 0.25) is 0 Å². The quantitative estimate of drug-likeness (QED) is 0.819. The van der Waals surface area contributed by atoms with Crippen molar-refractivity contribution in [1.82, 2.24) is 0 Å². The Hall–Kier alpha value is -0.860. The van der Waals surface area contributed by atoms with Gasteiger partial charge in [-0.25, -0.2) is 0 Å². The minimum absolute atomic E-state index is 0.0135. The predicted molar refractivity (Wildman–Crippen MR) is 75.9 cm³/mol. The second-order valence-corrected chi connectivity index (χ2v) is 6.78. The Bertz CT molecular complexity index is 440. The van der Waals surface area contributed by atoms with E-state index in [1.807, 2.05) is 6.07 Å². The van der Waals surface area contributed by atoms with Gasteiger partial charge in [-0.05, 0) is 51.5 Å². The molecule has 0 aromatic heterocycles. The molecule has 1 heterocycles. The average Bonchev–Trinajstić information content (AvgIpc) is 2.56. The highest BCUT2D eigenvalue weighted by molar-refractivity contribution is 5.14. The molecule has 1 saturated heterocycles. The molecule has 1 aromatic rings. The molecule has 2 nitrogen and oxygen atoms in total. The predicted octanol–water partition coefficient (Wildman–Crippen LogP) is 3.94. The van der Waals surface area contributed by atoms with Gasteiger partial charge in [0.25, 0.3) is 0 Å². The van der Waals surface area contributed by atoms with Gasteiger partial charge in [0.05, 0.1) is 23.9 Å². The van der Waals surface area contributed by atoms with Crippen molar-refractivity contribution >= 4 is 0 Å². The first-order valence-corrected chi connectivity index (χ1v) is 7.35. The van der Waals surface area contributed by atoms with E-state index in [1.165, 1.54) is 12.0 Å². The molecule has 2 aliphatic rings. The monoisotopic (exact) mass is 260 g/mol. The van der Waals surface area contributed by atoms with Crippen LogP contribution in [0.3, 0.4) is 0 Å². The van der Waals surface area contributed by atoms with Gasteiger partial charge in [-0.3, -0.25) is 0 Å². The fraction of sp³-hybridized carbons (Fsp3) is 0.647. The number of hydrogen-bond acceptors (Lipinski definition) is 2. The summed E-state index contributed by atoms with van der Waals surface area (Å²) in [5, 5.41) is 0. The molecule has 3 unspecified atom stereocenters. The second kappa shape index (κ2) is 4.60. The molecule has 0 amide bonds. The van der Waals surface area contributed by atoms with Crippen molar-refractivity contribution in [3.05, 3.63) is 35.9 Å². The maximum absolute atomic E-state index is 6.34. The molecular formula is C17H24O2. The van der Waals surface area contributed by atoms with Crippen LogP contribution in [-0.2, 0) is 16.1 Å². The first-order valence-electron chi connectivity index (χ1n) is 7.35. The van der Waals surface area contributed by atoms with E-state index in [0.29, 0.717) is 12.5 Å². The Morgan fingerprint density at radius 1 is 1.16 bits per heavy atom. The van der Waals surface area contributed by atoms with E-state index in [9.17, 15) is 0 Å². The van der Waals surface area contributed by atoms with Crippen LogP contribution in [0, 0.1) is 5.92 Å². The molecule has 2 heteroatoms. The van der Waals surface area contributed by atoms with Gasteiger partial charge in [0.15, 0.2) is 0 Å². The maximum Gasteiger partial charge on any atom is 0.0926 e. The highest BCUT2D eigenvalue weighted by Gasteiger charge is 2.55. The Balaban J connectivity index is 1.66. The summed E-state index contributed by atoms with van der Waals surface area (Å²) in [5.74, 6) is 0.689. The largest absolute Gasteiger partial charge is 0.371 e. The first-order chi connectivity index (χ1) is 9.00. The standard InChI is InChI=1S/C17H24O2/c1-16(2)14-9-10-15(17(3,11-14)19-16)18-12-13-7-5-4-6-8-13/h4-8,14-15H,9-12H2,1-3H3. The van der Waals surface area contributed by atoms with Crippen LogP contribution in [0.1, 0.15) is 45.6 Å². The van der Waals surface area contributed by atoms with Crippen LogP contribution in [-0.4, -0.2) is 17.3 Å². The molecular weight excluding hydrogens is 236 g/mol. The Morgan fingerprint density at radius 3 is 2.63 bits per heavy atom. The molecule has 2 fully saturated rings. The lowest BCUT2D eigenvalue weighted by molar-refractivity contribution is -0.153. The highest BCUT2D eigenvalue weighted by Crippen LogP contribution is 2.51. The van der Waals surface area contributed by atoms with E-state index in [0.717, 1.165) is 12.8 Å². The van der Waals surface area contributed by atoms with Gasteiger partial charge in [0.1, 0.15) is 0 Å². The smallest absolute Gasteiger partial charge is 0.0926 e. The molecule has 2 bridgehead atoms. The van der Waals surface area contributed by atoms with Gasteiger partial charge in [-0.1, -0.05) is 30.3 Å². The van der Waals surface area contributed by atoms with E-state index < -0.39 is 0 Å². The van der Waals surface area contributed by atoms with Crippen LogP contribution < -0.4 is 0 Å². The van der Waals surface area contributed by atoms with Crippen LogP contribution in [0.15, 0.2) is 30.3 Å². The van der Waals surface area contributed by atoms with Crippen LogP contribution in [0.2, 0.25) is 0 Å². The Morgan fingerprint density at radius 2 is 1.89 bits per heavy atom. The van der Waals surface area contributed by atoms with Crippen LogP contribution in [0.25, 0.3) is 0 Å². The van der Waals surface area contributed by atoms with E-state index in [1.54, 1.807) is 0 Å². The molecule has 3 atom stereocenters. The summed E-state index contributed by atoms with van der Waals surface area (Å²) >= 11 is 0. The van der Waals surface area contributed by atoms with E-state index in [-0.39, 0.29) is 17.3 Å². The van der Waals surface area contributed by atoms with Crippen molar-refractivity contribution in [3.63, 3.8) is 0 Å². The van der Waals surface area contributed by atoms with Crippen molar-refractivity contribution in [3.8, 4) is 0 Å². The van der Waals surface area contributed by atoms with Crippen molar-refractivity contribution in [2.45, 2.75) is 63.9 Å². The summed E-state index contributed by atoms with van der Waals surface area (Å²) in [4.78, 5) is 0. The molecule has 1 saturated carbocycles. The number of hydrogen-bond donors (Lipinski definition) is 0. The van der Waals surface area contributed by atoms with Gasteiger partial charge in [-0.2, -0.15) is 0 Å². The minimum atomic E-state index is -0.0960. The number of rotatable bonds is 3. The first kappa shape index (κ1) is 13.1. The third-order valence-electron chi connectivity index (χ3n) is 4.88. The second-order valence-electron chi connectivity index (χ2n) is 6.78. The van der Waals surface area contributed by atoms with Gasteiger partial charge < -0.3 is 9.47 Å². The summed E-state index contributed by atoms with van der Waals surface area (Å²) < 4.78 is 12.5.